The summed E-state index contributed by atoms with van der Waals surface area (Å²) in [7, 11) is 0. The quantitative estimate of drug-likeness (QED) is 0.846. The van der Waals surface area contributed by atoms with Crippen molar-refractivity contribution >= 4 is 43.0 Å². The van der Waals surface area contributed by atoms with Gasteiger partial charge in [-0.15, -0.1) is 0 Å². The van der Waals surface area contributed by atoms with Crippen LogP contribution in [-0.4, -0.2) is 4.57 Å². The average molecular weight is 333 g/mol. The molecule has 0 unspecified atom stereocenters. The summed E-state index contributed by atoms with van der Waals surface area (Å²) in [6.45, 7) is 0.459. The van der Waals surface area contributed by atoms with Gasteiger partial charge in [-0.25, -0.2) is 4.79 Å². The maximum atomic E-state index is 11.5. The Balaban J connectivity index is 2.59. The molecule has 2 aromatic rings. The molecule has 1 heterocycles. The van der Waals surface area contributed by atoms with Crippen molar-refractivity contribution in [2.45, 2.75) is 6.54 Å². The third-order valence-electron chi connectivity index (χ3n) is 2.00. The molecule has 0 aliphatic heterocycles. The largest absolute Gasteiger partial charge is 0.420 e. The van der Waals surface area contributed by atoms with E-state index in [-0.39, 0.29) is 5.76 Å². The Kier molecular flexibility index (Phi) is 3.11. The summed E-state index contributed by atoms with van der Waals surface area (Å²) >= 11 is 6.53. The predicted octanol–water partition coefficient (Wildman–Crippen LogP) is 3.23. The molecule has 0 radical (unpaired) electrons. The number of allylic oxidation sites excluding steroid dienone is 1. The first-order valence-electron chi connectivity index (χ1n) is 4.25. The van der Waals surface area contributed by atoms with Crippen molar-refractivity contribution in [3.8, 4) is 0 Å². The Labute approximate surface area is 103 Å². The normalized spacial score (nSPS) is 12.3. The molecule has 0 saturated carbocycles. The monoisotopic (exact) mass is 331 g/mol. The molecule has 2 rings (SSSR count). The van der Waals surface area contributed by atoms with Crippen LogP contribution in [0.2, 0.25) is 0 Å². The summed E-state index contributed by atoms with van der Waals surface area (Å²) in [6, 6.07) is 7.35. The highest BCUT2D eigenvalue weighted by Crippen LogP contribution is 2.16. The molecule has 3 nitrogen and oxygen atoms in total. The van der Waals surface area contributed by atoms with Crippen LogP contribution < -0.4 is 5.76 Å². The number of fused-ring (bicyclic) bond motifs is 1. The molecular formula is C10H7Br2NO2. The highest BCUT2D eigenvalue weighted by molar-refractivity contribution is 9.14. The first-order chi connectivity index (χ1) is 7.22. The third-order valence-corrected chi connectivity index (χ3v) is 3.65. The average Bonchev–Trinajstić information content (AvgIpc) is 2.55. The first-order valence-corrected chi connectivity index (χ1v) is 5.96. The number of para-hydroxylation sites is 2. The molecule has 1 aromatic heterocycles. The maximum absolute atomic E-state index is 11.5. The van der Waals surface area contributed by atoms with E-state index < -0.39 is 0 Å². The van der Waals surface area contributed by atoms with Gasteiger partial charge < -0.3 is 4.42 Å². The second kappa shape index (κ2) is 4.37. The molecular weight excluding hydrogens is 326 g/mol. The SMILES string of the molecule is O=c1oc2ccccc2n1C/C(Br)=C\Br. The molecule has 5 heteroatoms. The Morgan fingerprint density at radius 2 is 2.20 bits per heavy atom. The minimum absolute atomic E-state index is 0.345. The summed E-state index contributed by atoms with van der Waals surface area (Å²) in [5, 5.41) is 0. The lowest BCUT2D eigenvalue weighted by Gasteiger charge is -1.99. The van der Waals surface area contributed by atoms with Gasteiger partial charge >= 0.3 is 5.76 Å². The molecule has 0 fully saturated rings. The summed E-state index contributed by atoms with van der Waals surface area (Å²) in [5.74, 6) is -0.345. The fourth-order valence-corrected chi connectivity index (χ4v) is 1.74. The van der Waals surface area contributed by atoms with Gasteiger partial charge in [-0.3, -0.25) is 4.57 Å². The number of benzene rings is 1. The van der Waals surface area contributed by atoms with Crippen LogP contribution >= 0.6 is 31.9 Å². The predicted molar refractivity (Wildman–Crippen MR) is 66.4 cm³/mol. The van der Waals surface area contributed by atoms with Crippen LogP contribution in [0.5, 0.6) is 0 Å². The number of halogens is 2. The van der Waals surface area contributed by atoms with Crippen LogP contribution in [0.15, 0.2) is 42.9 Å². The number of hydrogen-bond acceptors (Lipinski definition) is 2. The topological polar surface area (TPSA) is 35.1 Å². The standard InChI is InChI=1S/C10H7Br2NO2/c11-5-7(12)6-13-8-3-1-2-4-9(8)15-10(13)14/h1-5H,6H2/b7-5+. The lowest BCUT2D eigenvalue weighted by molar-refractivity contribution is 0.519. The van der Waals surface area contributed by atoms with E-state index >= 15 is 0 Å². The molecule has 15 heavy (non-hydrogen) atoms. The van der Waals surface area contributed by atoms with Crippen LogP contribution in [0.1, 0.15) is 0 Å². The molecule has 0 amide bonds. The van der Waals surface area contributed by atoms with Gasteiger partial charge in [0, 0.05) is 4.48 Å². The number of hydrogen-bond donors (Lipinski definition) is 0. The van der Waals surface area contributed by atoms with Gasteiger partial charge in [-0.1, -0.05) is 44.0 Å². The van der Waals surface area contributed by atoms with E-state index in [4.69, 9.17) is 4.42 Å². The zero-order chi connectivity index (χ0) is 10.8. The fraction of sp³-hybridized carbons (Fsp3) is 0.100. The van der Waals surface area contributed by atoms with Crippen molar-refractivity contribution < 1.29 is 4.42 Å². The molecule has 0 bridgehead atoms. The van der Waals surface area contributed by atoms with Crippen molar-refractivity contribution in [1.29, 1.82) is 0 Å². The second-order valence-electron chi connectivity index (χ2n) is 2.98. The van der Waals surface area contributed by atoms with E-state index in [0.717, 1.165) is 10.00 Å². The van der Waals surface area contributed by atoms with E-state index in [1.807, 2.05) is 18.2 Å². The Hall–Kier alpha value is -0.810. The van der Waals surface area contributed by atoms with E-state index in [9.17, 15) is 4.79 Å². The number of aromatic nitrogens is 1. The number of rotatable bonds is 2. The van der Waals surface area contributed by atoms with Crippen molar-refractivity contribution in [2.75, 3.05) is 0 Å². The van der Waals surface area contributed by atoms with Gasteiger partial charge in [-0.2, -0.15) is 0 Å². The van der Waals surface area contributed by atoms with Crippen molar-refractivity contribution in [3.05, 3.63) is 44.3 Å². The van der Waals surface area contributed by atoms with Gasteiger partial charge in [0.25, 0.3) is 0 Å². The van der Waals surface area contributed by atoms with Gasteiger partial charge in [0.15, 0.2) is 5.58 Å². The van der Waals surface area contributed by atoms with E-state index in [1.54, 1.807) is 15.6 Å². The molecule has 0 N–H and O–H groups in total. The first kappa shape index (κ1) is 10.7. The smallest absolute Gasteiger partial charge is 0.408 e. The molecule has 0 aliphatic rings. The minimum atomic E-state index is -0.345. The van der Waals surface area contributed by atoms with Crippen LogP contribution in [0, 0.1) is 0 Å². The summed E-state index contributed by atoms with van der Waals surface area (Å²) in [6.07, 6.45) is 0. The minimum Gasteiger partial charge on any atom is -0.408 e. The third kappa shape index (κ3) is 2.08. The van der Waals surface area contributed by atoms with Crippen LogP contribution in [0.4, 0.5) is 0 Å². The summed E-state index contributed by atoms with van der Waals surface area (Å²) in [4.78, 5) is 13.2. The van der Waals surface area contributed by atoms with Crippen LogP contribution in [0.3, 0.4) is 0 Å². The van der Waals surface area contributed by atoms with E-state index in [0.29, 0.717) is 12.1 Å². The zero-order valence-electron chi connectivity index (χ0n) is 7.61. The van der Waals surface area contributed by atoms with Gasteiger partial charge in [0.2, 0.25) is 0 Å². The summed E-state index contributed by atoms with van der Waals surface area (Å²) in [5.41, 5.74) is 1.41. The van der Waals surface area contributed by atoms with Gasteiger partial charge in [0.1, 0.15) is 0 Å². The molecule has 0 spiro atoms. The highest BCUT2D eigenvalue weighted by atomic mass is 79.9. The Morgan fingerprint density at radius 1 is 1.47 bits per heavy atom. The fourth-order valence-electron chi connectivity index (χ4n) is 1.35. The number of nitrogens with zero attached hydrogens (tertiary/aromatic N) is 1. The second-order valence-corrected chi connectivity index (χ2v) is 4.45. The molecule has 78 valence electrons. The van der Waals surface area contributed by atoms with E-state index in [1.165, 1.54) is 0 Å². The molecule has 0 atom stereocenters. The lowest BCUT2D eigenvalue weighted by Crippen LogP contribution is -2.13. The zero-order valence-corrected chi connectivity index (χ0v) is 10.8. The van der Waals surface area contributed by atoms with E-state index in [2.05, 4.69) is 31.9 Å². The maximum Gasteiger partial charge on any atom is 0.420 e. The molecule has 1 aromatic carbocycles. The Morgan fingerprint density at radius 3 is 2.93 bits per heavy atom. The van der Waals surface area contributed by atoms with Crippen molar-refractivity contribution in [1.82, 2.24) is 4.57 Å². The van der Waals surface area contributed by atoms with Crippen molar-refractivity contribution in [3.63, 3.8) is 0 Å². The Bertz CT molecular complexity index is 568. The van der Waals surface area contributed by atoms with Crippen molar-refractivity contribution in [2.24, 2.45) is 0 Å². The molecule has 0 aliphatic carbocycles. The number of oxazole rings is 1. The van der Waals surface area contributed by atoms with Gasteiger partial charge in [0.05, 0.1) is 12.1 Å². The lowest BCUT2D eigenvalue weighted by atomic mass is 10.3. The summed E-state index contributed by atoms with van der Waals surface area (Å²) < 4.78 is 7.53. The highest BCUT2D eigenvalue weighted by Gasteiger charge is 2.08. The van der Waals surface area contributed by atoms with Crippen LogP contribution in [-0.2, 0) is 6.54 Å². The molecule has 0 saturated heterocycles. The van der Waals surface area contributed by atoms with Crippen LogP contribution in [0.25, 0.3) is 11.1 Å². The van der Waals surface area contributed by atoms with Gasteiger partial charge in [-0.05, 0) is 17.1 Å².